The number of hydrogen-bond donors (Lipinski definition) is 2. The number of anilines is 1. The molecular formula is C16H27N3O. The molecule has 2 unspecified atom stereocenters. The average Bonchev–Trinajstić information content (AvgIpc) is 2.39. The highest BCUT2D eigenvalue weighted by Crippen LogP contribution is 2.23. The first-order valence-electron chi connectivity index (χ1n) is 7.53. The zero-order valence-corrected chi connectivity index (χ0v) is 12.6. The second kappa shape index (κ2) is 7.50. The van der Waals surface area contributed by atoms with Crippen molar-refractivity contribution in [3.8, 4) is 5.75 Å². The fourth-order valence-corrected chi connectivity index (χ4v) is 2.62. The summed E-state index contributed by atoms with van der Waals surface area (Å²) in [4.78, 5) is 2.12. The maximum atomic E-state index is 6.03. The Balaban J connectivity index is 1.85. The minimum Gasteiger partial charge on any atom is -0.492 e. The lowest BCUT2D eigenvalue weighted by Gasteiger charge is -2.28. The van der Waals surface area contributed by atoms with E-state index in [0.29, 0.717) is 18.7 Å². The van der Waals surface area contributed by atoms with Gasteiger partial charge in [-0.2, -0.15) is 0 Å². The highest BCUT2D eigenvalue weighted by Gasteiger charge is 2.18. The van der Waals surface area contributed by atoms with E-state index < -0.39 is 0 Å². The van der Waals surface area contributed by atoms with Crippen molar-refractivity contribution in [2.45, 2.75) is 37.8 Å². The molecule has 0 aromatic heterocycles. The number of ether oxygens (including phenoxy) is 1. The van der Waals surface area contributed by atoms with Crippen molar-refractivity contribution in [1.29, 1.82) is 0 Å². The van der Waals surface area contributed by atoms with Gasteiger partial charge in [0, 0.05) is 30.4 Å². The summed E-state index contributed by atoms with van der Waals surface area (Å²) < 4.78 is 5.76. The summed E-state index contributed by atoms with van der Waals surface area (Å²) in [6.45, 7) is 1.64. The molecule has 2 rings (SSSR count). The smallest absolute Gasteiger partial charge is 0.121 e. The Morgan fingerprint density at radius 3 is 2.95 bits per heavy atom. The molecule has 1 aliphatic rings. The van der Waals surface area contributed by atoms with Crippen LogP contribution in [0.5, 0.6) is 5.75 Å². The summed E-state index contributed by atoms with van der Waals surface area (Å²) in [6, 6.07) is 9.06. The van der Waals surface area contributed by atoms with Gasteiger partial charge < -0.3 is 20.7 Å². The van der Waals surface area contributed by atoms with E-state index in [1.165, 1.54) is 12.8 Å². The SMILES string of the molecule is CN(C)CCOc1cccc(NC2CCCC(N)C2)c1. The largest absolute Gasteiger partial charge is 0.492 e. The van der Waals surface area contributed by atoms with Crippen molar-refractivity contribution in [2.24, 2.45) is 5.73 Å². The van der Waals surface area contributed by atoms with Crippen molar-refractivity contribution in [3.63, 3.8) is 0 Å². The second-order valence-electron chi connectivity index (χ2n) is 5.95. The average molecular weight is 277 g/mol. The molecule has 0 aliphatic heterocycles. The van der Waals surface area contributed by atoms with Gasteiger partial charge >= 0.3 is 0 Å². The topological polar surface area (TPSA) is 50.5 Å². The minimum atomic E-state index is 0.348. The molecule has 4 nitrogen and oxygen atoms in total. The van der Waals surface area contributed by atoms with Crippen LogP contribution in [0.4, 0.5) is 5.69 Å². The summed E-state index contributed by atoms with van der Waals surface area (Å²) >= 11 is 0. The molecular weight excluding hydrogens is 250 g/mol. The van der Waals surface area contributed by atoms with Crippen LogP contribution in [0.25, 0.3) is 0 Å². The molecule has 0 radical (unpaired) electrons. The van der Waals surface area contributed by atoms with E-state index in [9.17, 15) is 0 Å². The van der Waals surface area contributed by atoms with Gasteiger partial charge in [0.2, 0.25) is 0 Å². The van der Waals surface area contributed by atoms with E-state index >= 15 is 0 Å². The third-order valence-electron chi connectivity index (χ3n) is 3.73. The molecule has 0 spiro atoms. The lowest BCUT2D eigenvalue weighted by Crippen LogP contribution is -2.34. The van der Waals surface area contributed by atoms with Gasteiger partial charge in [-0.15, -0.1) is 0 Å². The molecule has 1 saturated carbocycles. The minimum absolute atomic E-state index is 0.348. The molecule has 4 heteroatoms. The van der Waals surface area contributed by atoms with Gasteiger partial charge in [0.1, 0.15) is 12.4 Å². The van der Waals surface area contributed by atoms with Gasteiger partial charge in [-0.05, 0) is 51.9 Å². The number of nitrogens with one attached hydrogen (secondary N) is 1. The Labute approximate surface area is 122 Å². The number of rotatable bonds is 6. The summed E-state index contributed by atoms with van der Waals surface area (Å²) in [5.74, 6) is 0.928. The van der Waals surface area contributed by atoms with Crippen LogP contribution < -0.4 is 15.8 Å². The third-order valence-corrected chi connectivity index (χ3v) is 3.73. The quantitative estimate of drug-likeness (QED) is 0.838. The molecule has 1 fully saturated rings. The molecule has 0 saturated heterocycles. The van der Waals surface area contributed by atoms with Crippen LogP contribution in [0, 0.1) is 0 Å². The van der Waals surface area contributed by atoms with Crippen LogP contribution in [0.3, 0.4) is 0 Å². The predicted molar refractivity (Wildman–Crippen MR) is 84.3 cm³/mol. The number of hydrogen-bond acceptors (Lipinski definition) is 4. The first-order valence-corrected chi connectivity index (χ1v) is 7.53. The summed E-state index contributed by atoms with van der Waals surface area (Å²) in [7, 11) is 4.10. The van der Waals surface area contributed by atoms with E-state index in [1.54, 1.807) is 0 Å². The van der Waals surface area contributed by atoms with E-state index in [1.807, 2.05) is 26.2 Å². The maximum Gasteiger partial charge on any atom is 0.121 e. The van der Waals surface area contributed by atoms with E-state index in [-0.39, 0.29) is 0 Å². The Hall–Kier alpha value is -1.26. The summed E-state index contributed by atoms with van der Waals surface area (Å²) in [5, 5.41) is 3.58. The Morgan fingerprint density at radius 1 is 1.35 bits per heavy atom. The molecule has 20 heavy (non-hydrogen) atoms. The first kappa shape index (κ1) is 15.1. The van der Waals surface area contributed by atoms with Crippen LogP contribution in [-0.4, -0.2) is 44.2 Å². The number of nitrogens with zero attached hydrogens (tertiary/aromatic N) is 1. The standard InChI is InChI=1S/C16H27N3O/c1-19(2)9-10-20-16-8-4-7-15(12-16)18-14-6-3-5-13(17)11-14/h4,7-8,12-14,18H,3,5-6,9-11,17H2,1-2H3. The first-order chi connectivity index (χ1) is 9.63. The molecule has 112 valence electrons. The molecule has 3 N–H and O–H groups in total. The summed E-state index contributed by atoms with van der Waals surface area (Å²) in [6.07, 6.45) is 4.65. The lowest BCUT2D eigenvalue weighted by molar-refractivity contribution is 0.261. The fourth-order valence-electron chi connectivity index (χ4n) is 2.62. The molecule has 1 aromatic rings. The monoisotopic (exact) mass is 277 g/mol. The van der Waals surface area contributed by atoms with Crippen LogP contribution in [0.15, 0.2) is 24.3 Å². The molecule has 1 aliphatic carbocycles. The van der Waals surface area contributed by atoms with Crippen molar-refractivity contribution < 1.29 is 4.74 Å². The van der Waals surface area contributed by atoms with E-state index in [0.717, 1.165) is 30.8 Å². The molecule has 0 bridgehead atoms. The summed E-state index contributed by atoms with van der Waals surface area (Å²) in [5.41, 5.74) is 7.16. The van der Waals surface area contributed by atoms with E-state index in [2.05, 4.69) is 22.3 Å². The van der Waals surface area contributed by atoms with Crippen LogP contribution in [0.1, 0.15) is 25.7 Å². The molecule has 1 aromatic carbocycles. The van der Waals surface area contributed by atoms with E-state index in [4.69, 9.17) is 10.5 Å². The predicted octanol–water partition coefficient (Wildman–Crippen LogP) is 2.31. The third kappa shape index (κ3) is 5.02. The van der Waals surface area contributed by atoms with Crippen LogP contribution in [0.2, 0.25) is 0 Å². The van der Waals surface area contributed by atoms with Gasteiger partial charge in [-0.25, -0.2) is 0 Å². The zero-order chi connectivity index (χ0) is 14.4. The zero-order valence-electron chi connectivity index (χ0n) is 12.6. The van der Waals surface area contributed by atoms with Gasteiger partial charge in [-0.1, -0.05) is 6.07 Å². The van der Waals surface area contributed by atoms with Crippen molar-refractivity contribution >= 4 is 5.69 Å². The lowest BCUT2D eigenvalue weighted by atomic mass is 9.91. The molecule has 2 atom stereocenters. The second-order valence-corrected chi connectivity index (χ2v) is 5.95. The Kier molecular flexibility index (Phi) is 5.68. The number of nitrogens with two attached hydrogens (primary N) is 1. The van der Waals surface area contributed by atoms with Crippen LogP contribution >= 0.6 is 0 Å². The van der Waals surface area contributed by atoms with Crippen molar-refractivity contribution in [1.82, 2.24) is 4.90 Å². The highest BCUT2D eigenvalue weighted by molar-refractivity contribution is 5.49. The highest BCUT2D eigenvalue weighted by atomic mass is 16.5. The number of likely N-dealkylation sites (N-methyl/N-ethyl adjacent to an activating group) is 1. The van der Waals surface area contributed by atoms with Crippen molar-refractivity contribution in [3.05, 3.63) is 24.3 Å². The van der Waals surface area contributed by atoms with Gasteiger partial charge in [0.25, 0.3) is 0 Å². The fraction of sp³-hybridized carbons (Fsp3) is 0.625. The van der Waals surface area contributed by atoms with Gasteiger partial charge in [0.15, 0.2) is 0 Å². The number of benzene rings is 1. The Bertz CT molecular complexity index is 408. The van der Waals surface area contributed by atoms with Gasteiger partial charge in [-0.3, -0.25) is 0 Å². The molecule has 0 heterocycles. The Morgan fingerprint density at radius 2 is 2.20 bits per heavy atom. The maximum absolute atomic E-state index is 6.03. The van der Waals surface area contributed by atoms with Gasteiger partial charge in [0.05, 0.1) is 0 Å². The van der Waals surface area contributed by atoms with Crippen LogP contribution in [-0.2, 0) is 0 Å². The normalized spacial score (nSPS) is 22.8. The van der Waals surface area contributed by atoms with Crippen molar-refractivity contribution in [2.75, 3.05) is 32.6 Å². The molecule has 0 amide bonds.